The van der Waals surface area contributed by atoms with Gasteiger partial charge in [-0.25, -0.2) is 4.68 Å². The molecule has 1 N–H and O–H groups in total. The second-order valence-electron chi connectivity index (χ2n) is 3.98. The molecular weight excluding hydrogens is 311 g/mol. The first-order chi connectivity index (χ1) is 8.82. The van der Waals surface area contributed by atoms with Gasteiger partial charge < -0.3 is 5.11 Å². The summed E-state index contributed by atoms with van der Waals surface area (Å²) in [5.74, 6) is -0.670. The molecule has 0 unspecified atom stereocenters. The van der Waals surface area contributed by atoms with E-state index in [0.29, 0.717) is 5.69 Å². The number of aromatic nitrogens is 2. The van der Waals surface area contributed by atoms with Crippen LogP contribution in [0, 0.1) is 6.92 Å². The first kappa shape index (κ1) is 14.2. The molecule has 0 aliphatic rings. The van der Waals surface area contributed by atoms with Gasteiger partial charge in [0.15, 0.2) is 0 Å². The van der Waals surface area contributed by atoms with Crippen LogP contribution in [0.15, 0.2) is 12.1 Å². The average molecular weight is 320 g/mol. The van der Waals surface area contributed by atoms with Crippen molar-refractivity contribution in [2.45, 2.75) is 6.92 Å². The maximum Gasteiger partial charge on any atom is 0.220 e. The summed E-state index contributed by atoms with van der Waals surface area (Å²) < 4.78 is 1.22. The van der Waals surface area contributed by atoms with Crippen molar-refractivity contribution in [3.05, 3.63) is 44.0 Å². The molecule has 0 saturated heterocycles. The number of halogens is 3. The first-order valence-corrected chi connectivity index (χ1v) is 6.38. The summed E-state index contributed by atoms with van der Waals surface area (Å²) in [6, 6.07) is 2.77. The number of ketones is 1. The number of carbonyl (C=O) groups is 1. The van der Waals surface area contributed by atoms with Gasteiger partial charge in [-0.1, -0.05) is 34.8 Å². The maximum atomic E-state index is 12.4. The number of carbonyl (C=O) groups excluding carboxylic acids is 1. The van der Waals surface area contributed by atoms with Crippen molar-refractivity contribution in [3.8, 4) is 5.88 Å². The van der Waals surface area contributed by atoms with Crippen molar-refractivity contribution in [1.29, 1.82) is 0 Å². The summed E-state index contributed by atoms with van der Waals surface area (Å²) in [4.78, 5) is 12.4. The second kappa shape index (κ2) is 5.04. The minimum Gasteiger partial charge on any atom is -0.493 e. The highest BCUT2D eigenvalue weighted by molar-refractivity contribution is 6.44. The van der Waals surface area contributed by atoms with Gasteiger partial charge in [0.05, 0.1) is 20.8 Å². The lowest BCUT2D eigenvalue weighted by molar-refractivity contribution is 0.103. The van der Waals surface area contributed by atoms with Crippen molar-refractivity contribution in [2.24, 2.45) is 7.05 Å². The third-order valence-corrected chi connectivity index (χ3v) is 3.71. The molecule has 0 aliphatic carbocycles. The lowest BCUT2D eigenvalue weighted by Crippen LogP contribution is -2.03. The summed E-state index contributed by atoms with van der Waals surface area (Å²) in [7, 11) is 1.54. The van der Waals surface area contributed by atoms with Gasteiger partial charge in [-0.3, -0.25) is 4.79 Å². The monoisotopic (exact) mass is 318 g/mol. The zero-order valence-corrected chi connectivity index (χ0v) is 12.3. The van der Waals surface area contributed by atoms with Crippen LogP contribution < -0.4 is 0 Å². The van der Waals surface area contributed by atoms with Crippen molar-refractivity contribution < 1.29 is 9.90 Å². The van der Waals surface area contributed by atoms with Gasteiger partial charge in [0, 0.05) is 12.6 Å². The Balaban J connectivity index is 2.59. The smallest absolute Gasteiger partial charge is 0.220 e. The molecule has 0 aliphatic heterocycles. The third kappa shape index (κ3) is 2.43. The summed E-state index contributed by atoms with van der Waals surface area (Å²) in [6.07, 6.45) is 0. The van der Waals surface area contributed by atoms with Gasteiger partial charge in [0.2, 0.25) is 11.7 Å². The van der Waals surface area contributed by atoms with Crippen molar-refractivity contribution >= 4 is 40.6 Å². The van der Waals surface area contributed by atoms with E-state index in [-0.39, 0.29) is 32.1 Å². The fourth-order valence-electron chi connectivity index (χ4n) is 1.74. The van der Waals surface area contributed by atoms with Crippen LogP contribution in [0.2, 0.25) is 15.1 Å². The minimum atomic E-state index is -0.452. The second-order valence-corrected chi connectivity index (χ2v) is 5.20. The van der Waals surface area contributed by atoms with Gasteiger partial charge in [-0.15, -0.1) is 0 Å². The Morgan fingerprint density at radius 3 is 2.32 bits per heavy atom. The molecule has 7 heteroatoms. The van der Waals surface area contributed by atoms with Gasteiger partial charge in [-0.05, 0) is 19.1 Å². The lowest BCUT2D eigenvalue weighted by Gasteiger charge is -2.05. The molecule has 1 aromatic heterocycles. The van der Waals surface area contributed by atoms with E-state index in [2.05, 4.69) is 5.10 Å². The Morgan fingerprint density at radius 2 is 1.79 bits per heavy atom. The fourth-order valence-corrected chi connectivity index (χ4v) is 2.38. The maximum absolute atomic E-state index is 12.4. The molecular formula is C12H9Cl3N2O2. The Hall–Kier alpha value is -1.23. The van der Waals surface area contributed by atoms with Crippen LogP contribution in [0.25, 0.3) is 0 Å². The zero-order chi connectivity index (χ0) is 14.3. The van der Waals surface area contributed by atoms with Crippen LogP contribution in [0.5, 0.6) is 5.88 Å². The first-order valence-electron chi connectivity index (χ1n) is 5.24. The topological polar surface area (TPSA) is 55.1 Å². The van der Waals surface area contributed by atoms with Crippen molar-refractivity contribution in [2.75, 3.05) is 0 Å². The molecule has 100 valence electrons. The molecule has 0 spiro atoms. The van der Waals surface area contributed by atoms with E-state index >= 15 is 0 Å². The van der Waals surface area contributed by atoms with E-state index in [1.54, 1.807) is 6.92 Å². The van der Waals surface area contributed by atoms with E-state index in [4.69, 9.17) is 34.8 Å². The highest BCUT2D eigenvalue weighted by atomic mass is 35.5. The van der Waals surface area contributed by atoms with Crippen LogP contribution in [-0.2, 0) is 7.05 Å². The highest BCUT2D eigenvalue weighted by Gasteiger charge is 2.23. The molecule has 19 heavy (non-hydrogen) atoms. The molecule has 1 heterocycles. The largest absolute Gasteiger partial charge is 0.493 e. The van der Waals surface area contributed by atoms with E-state index < -0.39 is 5.78 Å². The Labute approximate surface area is 124 Å². The molecule has 0 atom stereocenters. The van der Waals surface area contributed by atoms with Crippen LogP contribution in [0.4, 0.5) is 0 Å². The molecule has 4 nitrogen and oxygen atoms in total. The molecule has 1 aromatic carbocycles. The standard InChI is InChI=1S/C12H9Cl3N2O2/c1-5-10(12(19)17(2)16-5)11(18)6-3-8(14)9(15)4-7(6)13/h3-4,19H,1-2H3. The Morgan fingerprint density at radius 1 is 1.21 bits per heavy atom. The van der Waals surface area contributed by atoms with Gasteiger partial charge >= 0.3 is 0 Å². The number of hydrogen-bond acceptors (Lipinski definition) is 3. The van der Waals surface area contributed by atoms with Crippen molar-refractivity contribution in [1.82, 2.24) is 9.78 Å². The van der Waals surface area contributed by atoms with Gasteiger partial charge in [-0.2, -0.15) is 5.10 Å². The minimum absolute atomic E-state index is 0.0998. The lowest BCUT2D eigenvalue weighted by atomic mass is 10.0. The number of aromatic hydroxyl groups is 1. The third-order valence-electron chi connectivity index (χ3n) is 2.67. The predicted molar refractivity (Wildman–Crippen MR) is 74.5 cm³/mol. The number of hydrogen-bond donors (Lipinski definition) is 1. The molecule has 2 rings (SSSR count). The average Bonchev–Trinajstić information content (AvgIpc) is 2.57. The molecule has 0 radical (unpaired) electrons. The van der Waals surface area contributed by atoms with Crippen LogP contribution in [0.3, 0.4) is 0 Å². The number of nitrogens with zero attached hydrogens (tertiary/aromatic N) is 2. The normalized spacial score (nSPS) is 10.8. The predicted octanol–water partition coefficient (Wildman–Crippen LogP) is 3.63. The molecule has 0 saturated carbocycles. The Bertz CT molecular complexity index is 680. The van der Waals surface area contributed by atoms with E-state index in [0.717, 1.165) is 0 Å². The van der Waals surface area contributed by atoms with Crippen LogP contribution >= 0.6 is 34.8 Å². The molecule has 0 amide bonds. The number of benzene rings is 1. The van der Waals surface area contributed by atoms with E-state index in [1.165, 1.54) is 23.9 Å². The fraction of sp³-hybridized carbons (Fsp3) is 0.167. The quantitative estimate of drug-likeness (QED) is 0.679. The number of rotatable bonds is 2. The highest BCUT2D eigenvalue weighted by Crippen LogP contribution is 2.32. The van der Waals surface area contributed by atoms with Gasteiger partial charge in [0.25, 0.3) is 0 Å². The molecule has 0 fully saturated rings. The van der Waals surface area contributed by atoms with Gasteiger partial charge in [0.1, 0.15) is 5.56 Å². The van der Waals surface area contributed by atoms with Crippen LogP contribution in [-0.4, -0.2) is 20.7 Å². The SMILES string of the molecule is Cc1nn(C)c(O)c1C(=O)c1cc(Cl)c(Cl)cc1Cl. The van der Waals surface area contributed by atoms with E-state index in [9.17, 15) is 9.90 Å². The van der Waals surface area contributed by atoms with E-state index in [1.807, 2.05) is 0 Å². The summed E-state index contributed by atoms with van der Waals surface area (Å²) in [5, 5.41) is 14.5. The van der Waals surface area contributed by atoms with Crippen molar-refractivity contribution in [3.63, 3.8) is 0 Å². The summed E-state index contributed by atoms with van der Waals surface area (Å²) in [6.45, 7) is 1.62. The Kier molecular flexibility index (Phi) is 3.76. The molecule has 2 aromatic rings. The summed E-state index contributed by atoms with van der Waals surface area (Å²) >= 11 is 17.7. The summed E-state index contributed by atoms with van der Waals surface area (Å²) in [5.41, 5.74) is 0.678. The van der Waals surface area contributed by atoms with Crippen LogP contribution in [0.1, 0.15) is 21.6 Å². The molecule has 0 bridgehead atoms. The number of aryl methyl sites for hydroxylation is 2. The zero-order valence-electron chi connectivity index (χ0n) is 10.0.